The van der Waals surface area contributed by atoms with Gasteiger partial charge in [-0.25, -0.2) is 9.78 Å². The Morgan fingerprint density at radius 1 is 1.17 bits per heavy atom. The lowest BCUT2D eigenvalue weighted by molar-refractivity contribution is -0.192. The van der Waals surface area contributed by atoms with E-state index >= 15 is 0 Å². The summed E-state index contributed by atoms with van der Waals surface area (Å²) in [5, 5.41) is 11.7. The summed E-state index contributed by atoms with van der Waals surface area (Å²) in [5.41, 5.74) is 6.72. The van der Waals surface area contributed by atoms with Crippen molar-refractivity contribution in [2.24, 2.45) is 11.7 Å². The number of pyridine rings is 1. The fourth-order valence-electron chi connectivity index (χ4n) is 3.01. The first-order valence-corrected chi connectivity index (χ1v) is 9.34. The number of hydrogen-bond donors (Lipinski definition) is 3. The maximum Gasteiger partial charge on any atom is 0.490 e. The zero-order chi connectivity index (χ0) is 21.6. The Labute approximate surface area is 170 Å². The third kappa shape index (κ3) is 7.51. The van der Waals surface area contributed by atoms with Gasteiger partial charge in [0.1, 0.15) is 5.82 Å². The number of carbonyl (C=O) groups is 2. The third-order valence-corrected chi connectivity index (χ3v) is 4.76. The molecule has 29 heavy (non-hydrogen) atoms. The summed E-state index contributed by atoms with van der Waals surface area (Å²) in [7, 11) is 0. The number of carboxylic acids is 1. The number of hydrogen-bond acceptors (Lipinski definition) is 4. The van der Waals surface area contributed by atoms with Crippen molar-refractivity contribution >= 4 is 40.2 Å². The van der Waals surface area contributed by atoms with E-state index in [2.05, 4.69) is 10.3 Å². The minimum Gasteiger partial charge on any atom is -0.475 e. The predicted molar refractivity (Wildman–Crippen MR) is 104 cm³/mol. The van der Waals surface area contributed by atoms with Gasteiger partial charge in [0.15, 0.2) is 0 Å². The molecule has 0 spiro atoms. The first kappa shape index (κ1) is 22.9. The number of carbonyl (C=O) groups excluding carboxylic acids is 1. The molecule has 1 aliphatic rings. The van der Waals surface area contributed by atoms with Crippen LogP contribution >= 0.6 is 11.6 Å². The number of alkyl halides is 3. The largest absolute Gasteiger partial charge is 0.490 e. The van der Waals surface area contributed by atoms with E-state index in [0.29, 0.717) is 29.2 Å². The second-order valence-corrected chi connectivity index (χ2v) is 7.31. The molecule has 1 aliphatic carbocycles. The Bertz CT molecular complexity index is 869. The van der Waals surface area contributed by atoms with Crippen molar-refractivity contribution in [3.05, 3.63) is 35.4 Å². The highest BCUT2D eigenvalue weighted by Crippen LogP contribution is 2.26. The number of halogens is 4. The Morgan fingerprint density at radius 2 is 1.79 bits per heavy atom. The molecular weight excluding hydrogens is 411 g/mol. The van der Waals surface area contributed by atoms with Crippen molar-refractivity contribution in [2.45, 2.75) is 44.3 Å². The normalized spacial score (nSPS) is 19.2. The lowest BCUT2D eigenvalue weighted by Crippen LogP contribution is -2.28. The van der Waals surface area contributed by atoms with E-state index in [1.165, 1.54) is 0 Å². The summed E-state index contributed by atoms with van der Waals surface area (Å²) in [6.07, 6.45) is -0.413. The number of rotatable bonds is 3. The van der Waals surface area contributed by atoms with Crippen LogP contribution in [0.2, 0.25) is 5.02 Å². The first-order valence-electron chi connectivity index (χ1n) is 8.96. The molecule has 1 aromatic carbocycles. The van der Waals surface area contributed by atoms with Gasteiger partial charge in [0.05, 0.1) is 5.52 Å². The van der Waals surface area contributed by atoms with E-state index in [9.17, 15) is 18.0 Å². The van der Waals surface area contributed by atoms with Gasteiger partial charge in [0.2, 0.25) is 5.91 Å². The van der Waals surface area contributed by atoms with E-state index in [-0.39, 0.29) is 5.91 Å². The summed E-state index contributed by atoms with van der Waals surface area (Å²) >= 11 is 5.96. The Hall–Kier alpha value is -2.39. The zero-order valence-electron chi connectivity index (χ0n) is 15.4. The Balaban J connectivity index is 0.000000370. The summed E-state index contributed by atoms with van der Waals surface area (Å²) in [6.45, 7) is 0. The van der Waals surface area contributed by atoms with Crippen LogP contribution in [0.15, 0.2) is 30.3 Å². The fraction of sp³-hybridized carbons (Fsp3) is 0.421. The van der Waals surface area contributed by atoms with Crippen LogP contribution in [0.5, 0.6) is 0 Å². The molecule has 6 nitrogen and oxygen atoms in total. The van der Waals surface area contributed by atoms with Gasteiger partial charge in [-0.3, -0.25) is 4.79 Å². The van der Waals surface area contributed by atoms with Crippen molar-refractivity contribution in [1.82, 2.24) is 4.98 Å². The highest BCUT2D eigenvalue weighted by Gasteiger charge is 2.38. The summed E-state index contributed by atoms with van der Waals surface area (Å²) in [6, 6.07) is 9.56. The first-order chi connectivity index (χ1) is 13.5. The molecule has 1 saturated carbocycles. The Morgan fingerprint density at radius 3 is 2.38 bits per heavy atom. The van der Waals surface area contributed by atoms with E-state index in [1.54, 1.807) is 6.07 Å². The number of nitrogens with one attached hydrogen (secondary N) is 1. The quantitative estimate of drug-likeness (QED) is 0.669. The number of anilines is 1. The number of fused-ring (bicyclic) bond motifs is 1. The van der Waals surface area contributed by atoms with E-state index < -0.39 is 12.1 Å². The molecular formula is C19H21ClF3N3O3. The number of aliphatic carboxylic acids is 1. The number of amides is 1. The highest BCUT2D eigenvalue weighted by molar-refractivity contribution is 6.31. The van der Waals surface area contributed by atoms with Crippen LogP contribution in [0.3, 0.4) is 0 Å². The molecule has 1 heterocycles. The molecule has 0 radical (unpaired) electrons. The summed E-state index contributed by atoms with van der Waals surface area (Å²) in [5.74, 6) is -1.69. The monoisotopic (exact) mass is 431 g/mol. The van der Waals surface area contributed by atoms with Crippen LogP contribution in [0.4, 0.5) is 19.0 Å². The van der Waals surface area contributed by atoms with Gasteiger partial charge >= 0.3 is 12.1 Å². The van der Waals surface area contributed by atoms with Gasteiger partial charge in [-0.2, -0.15) is 13.2 Å². The van der Waals surface area contributed by atoms with Gasteiger partial charge in [-0.05, 0) is 61.9 Å². The van der Waals surface area contributed by atoms with E-state index in [0.717, 1.165) is 36.6 Å². The van der Waals surface area contributed by atoms with Crippen molar-refractivity contribution in [2.75, 3.05) is 5.32 Å². The van der Waals surface area contributed by atoms with Crippen LogP contribution in [0, 0.1) is 5.92 Å². The molecule has 2 aromatic rings. The average Bonchev–Trinajstić information content (AvgIpc) is 2.63. The van der Waals surface area contributed by atoms with Crippen LogP contribution in [-0.2, 0) is 9.59 Å². The van der Waals surface area contributed by atoms with E-state index in [4.69, 9.17) is 27.2 Å². The molecule has 1 aromatic heterocycles. The van der Waals surface area contributed by atoms with Gasteiger partial charge in [-0.15, -0.1) is 0 Å². The van der Waals surface area contributed by atoms with Gasteiger partial charge < -0.3 is 16.2 Å². The van der Waals surface area contributed by atoms with Crippen molar-refractivity contribution in [1.29, 1.82) is 0 Å². The van der Waals surface area contributed by atoms with Crippen molar-refractivity contribution in [3.63, 3.8) is 0 Å². The van der Waals surface area contributed by atoms with Crippen LogP contribution < -0.4 is 11.1 Å². The molecule has 4 N–H and O–H groups in total. The van der Waals surface area contributed by atoms with Crippen LogP contribution in [-0.4, -0.2) is 34.2 Å². The lowest BCUT2D eigenvalue weighted by atomic mass is 9.84. The highest BCUT2D eigenvalue weighted by atomic mass is 35.5. The predicted octanol–water partition coefficient (Wildman–Crippen LogP) is 4.37. The SMILES string of the molecule is NC1CCC(CC(=O)Nc2ccc3cc(Cl)ccc3n2)CC1.O=C(O)C(F)(F)F. The molecule has 1 fully saturated rings. The Kier molecular flexibility index (Phi) is 7.80. The average molecular weight is 432 g/mol. The molecule has 158 valence electrons. The fourth-order valence-corrected chi connectivity index (χ4v) is 3.20. The second-order valence-electron chi connectivity index (χ2n) is 6.87. The van der Waals surface area contributed by atoms with Crippen molar-refractivity contribution in [3.8, 4) is 0 Å². The molecule has 10 heteroatoms. The number of nitrogens with two attached hydrogens (primary N) is 1. The molecule has 0 atom stereocenters. The minimum atomic E-state index is -5.08. The van der Waals surface area contributed by atoms with Gasteiger partial charge in [-0.1, -0.05) is 11.6 Å². The summed E-state index contributed by atoms with van der Waals surface area (Å²) < 4.78 is 31.7. The molecule has 0 bridgehead atoms. The molecule has 0 unspecified atom stereocenters. The number of aromatic nitrogens is 1. The van der Waals surface area contributed by atoms with Crippen LogP contribution in [0.1, 0.15) is 32.1 Å². The second kappa shape index (κ2) is 9.89. The zero-order valence-corrected chi connectivity index (χ0v) is 16.1. The van der Waals surface area contributed by atoms with E-state index in [1.807, 2.05) is 24.3 Å². The number of nitrogens with zero attached hydrogens (tertiary/aromatic N) is 1. The van der Waals surface area contributed by atoms with Gasteiger partial charge in [0.25, 0.3) is 0 Å². The van der Waals surface area contributed by atoms with Gasteiger partial charge in [0, 0.05) is 22.9 Å². The maximum atomic E-state index is 12.1. The van der Waals surface area contributed by atoms with Crippen LogP contribution in [0.25, 0.3) is 10.9 Å². The minimum absolute atomic E-state index is 0.0290. The topological polar surface area (TPSA) is 105 Å². The maximum absolute atomic E-state index is 12.1. The number of carboxylic acid groups (broad SMARTS) is 1. The number of benzene rings is 1. The molecule has 3 rings (SSSR count). The summed E-state index contributed by atoms with van der Waals surface area (Å²) in [4.78, 5) is 25.5. The lowest BCUT2D eigenvalue weighted by Gasteiger charge is -2.25. The molecule has 0 saturated heterocycles. The third-order valence-electron chi connectivity index (χ3n) is 4.53. The standard InChI is InChI=1S/C17H20ClN3O.C2HF3O2/c18-13-4-7-15-12(10-13)3-8-16(20-15)21-17(22)9-11-1-5-14(19)6-2-11;3-2(4,5)1(6)7/h3-4,7-8,10-11,14H,1-2,5-6,9,19H2,(H,20,21,22);(H,6,7). The molecule has 0 aliphatic heterocycles. The van der Waals surface area contributed by atoms with Crippen molar-refractivity contribution < 1.29 is 27.9 Å². The smallest absolute Gasteiger partial charge is 0.475 e. The molecule has 1 amide bonds.